The maximum absolute atomic E-state index is 12.4. The number of aromatic nitrogens is 1. The highest BCUT2D eigenvalue weighted by atomic mass is 16.4. The van der Waals surface area contributed by atoms with Gasteiger partial charge in [-0.25, -0.2) is 0 Å². The second-order valence-electron chi connectivity index (χ2n) is 4.67. The third kappa shape index (κ3) is 2.59. The van der Waals surface area contributed by atoms with E-state index in [9.17, 15) is 9.59 Å². The van der Waals surface area contributed by atoms with Gasteiger partial charge in [-0.15, -0.1) is 0 Å². The van der Waals surface area contributed by atoms with Crippen LogP contribution in [0.1, 0.15) is 24.2 Å². The SMILES string of the molecule is CC(C)N(CC(=O)O)C(=O)c1c[nH]c2ccccc12. The first-order chi connectivity index (χ1) is 9.00. The number of carbonyl (C=O) groups is 2. The molecule has 0 unspecified atom stereocenters. The molecule has 0 saturated carbocycles. The summed E-state index contributed by atoms with van der Waals surface area (Å²) in [4.78, 5) is 27.7. The monoisotopic (exact) mass is 260 g/mol. The second-order valence-corrected chi connectivity index (χ2v) is 4.67. The van der Waals surface area contributed by atoms with Crippen LogP contribution in [0, 0.1) is 0 Å². The zero-order valence-electron chi connectivity index (χ0n) is 10.9. The number of benzene rings is 1. The summed E-state index contributed by atoms with van der Waals surface area (Å²) in [7, 11) is 0. The summed E-state index contributed by atoms with van der Waals surface area (Å²) >= 11 is 0. The van der Waals surface area contributed by atoms with Crippen LogP contribution in [-0.2, 0) is 4.79 Å². The van der Waals surface area contributed by atoms with Crippen molar-refractivity contribution < 1.29 is 14.7 Å². The summed E-state index contributed by atoms with van der Waals surface area (Å²) in [6, 6.07) is 7.28. The summed E-state index contributed by atoms with van der Waals surface area (Å²) in [6.45, 7) is 3.31. The average Bonchev–Trinajstić information content (AvgIpc) is 2.78. The zero-order valence-corrected chi connectivity index (χ0v) is 10.9. The van der Waals surface area contributed by atoms with Gasteiger partial charge >= 0.3 is 5.97 Å². The van der Waals surface area contributed by atoms with Crippen LogP contribution < -0.4 is 0 Å². The summed E-state index contributed by atoms with van der Waals surface area (Å²) in [5.41, 5.74) is 1.37. The number of hydrogen-bond acceptors (Lipinski definition) is 2. The van der Waals surface area contributed by atoms with Gasteiger partial charge in [-0.05, 0) is 19.9 Å². The van der Waals surface area contributed by atoms with Crippen molar-refractivity contribution in [1.29, 1.82) is 0 Å². The molecule has 1 aromatic carbocycles. The van der Waals surface area contributed by atoms with Crippen LogP contribution in [0.2, 0.25) is 0 Å². The van der Waals surface area contributed by atoms with E-state index in [1.54, 1.807) is 20.0 Å². The molecule has 0 atom stereocenters. The number of H-pyrrole nitrogens is 1. The highest BCUT2D eigenvalue weighted by Crippen LogP contribution is 2.20. The molecule has 5 nitrogen and oxygen atoms in total. The topological polar surface area (TPSA) is 73.4 Å². The van der Waals surface area contributed by atoms with Crippen LogP contribution in [0.15, 0.2) is 30.5 Å². The van der Waals surface area contributed by atoms with Crippen LogP contribution >= 0.6 is 0 Å². The predicted molar refractivity (Wildman–Crippen MR) is 72.1 cm³/mol. The number of carbonyl (C=O) groups excluding carboxylic acids is 1. The minimum absolute atomic E-state index is 0.169. The number of hydrogen-bond donors (Lipinski definition) is 2. The highest BCUT2D eigenvalue weighted by molar-refractivity contribution is 6.07. The van der Waals surface area contributed by atoms with E-state index in [1.165, 1.54) is 4.90 Å². The molecule has 2 aromatic rings. The Hall–Kier alpha value is -2.30. The van der Waals surface area contributed by atoms with Crippen molar-refractivity contribution >= 4 is 22.8 Å². The number of fused-ring (bicyclic) bond motifs is 1. The summed E-state index contributed by atoms with van der Waals surface area (Å²) in [5.74, 6) is -1.28. The molecule has 0 aliphatic carbocycles. The van der Waals surface area contributed by atoms with E-state index in [1.807, 2.05) is 24.3 Å². The Kier molecular flexibility index (Phi) is 3.55. The third-order valence-corrected chi connectivity index (χ3v) is 3.01. The zero-order chi connectivity index (χ0) is 14.0. The van der Waals surface area contributed by atoms with Gasteiger partial charge in [-0.3, -0.25) is 9.59 Å². The van der Waals surface area contributed by atoms with E-state index in [4.69, 9.17) is 5.11 Å². The first-order valence-corrected chi connectivity index (χ1v) is 6.09. The predicted octanol–water partition coefficient (Wildman–Crippen LogP) is 2.10. The Balaban J connectivity index is 2.39. The molecule has 0 spiro atoms. The van der Waals surface area contributed by atoms with Gasteiger partial charge < -0.3 is 15.0 Å². The van der Waals surface area contributed by atoms with Crippen molar-refractivity contribution in [3.05, 3.63) is 36.0 Å². The van der Waals surface area contributed by atoms with Gasteiger partial charge in [0, 0.05) is 23.1 Å². The van der Waals surface area contributed by atoms with E-state index < -0.39 is 5.97 Å². The highest BCUT2D eigenvalue weighted by Gasteiger charge is 2.23. The Bertz CT molecular complexity index is 616. The molecule has 2 N–H and O–H groups in total. The molecule has 1 amide bonds. The van der Waals surface area contributed by atoms with Gasteiger partial charge in [-0.1, -0.05) is 18.2 Å². The lowest BCUT2D eigenvalue weighted by molar-refractivity contribution is -0.138. The van der Waals surface area contributed by atoms with E-state index in [-0.39, 0.29) is 18.5 Å². The maximum Gasteiger partial charge on any atom is 0.323 e. The van der Waals surface area contributed by atoms with Crippen LogP contribution in [0.5, 0.6) is 0 Å². The van der Waals surface area contributed by atoms with Crippen molar-refractivity contribution in [2.75, 3.05) is 6.54 Å². The molecule has 0 fully saturated rings. The smallest absolute Gasteiger partial charge is 0.323 e. The minimum atomic E-state index is -1.01. The number of nitrogens with one attached hydrogen (secondary N) is 1. The summed E-state index contributed by atoms with van der Waals surface area (Å²) in [6.07, 6.45) is 1.63. The van der Waals surface area contributed by atoms with Gasteiger partial charge in [0.05, 0.1) is 5.56 Å². The van der Waals surface area contributed by atoms with Gasteiger partial charge in [0.15, 0.2) is 0 Å². The molecule has 0 aliphatic rings. The van der Waals surface area contributed by atoms with Crippen molar-refractivity contribution in [2.24, 2.45) is 0 Å². The number of carboxylic acid groups (broad SMARTS) is 1. The molecule has 5 heteroatoms. The molecule has 100 valence electrons. The lowest BCUT2D eigenvalue weighted by Crippen LogP contribution is -2.40. The van der Waals surface area contributed by atoms with Crippen LogP contribution in [-0.4, -0.2) is 39.5 Å². The van der Waals surface area contributed by atoms with E-state index in [2.05, 4.69) is 4.98 Å². The lowest BCUT2D eigenvalue weighted by atomic mass is 10.1. The van der Waals surface area contributed by atoms with Crippen LogP contribution in [0.25, 0.3) is 10.9 Å². The molecule has 1 aromatic heterocycles. The van der Waals surface area contributed by atoms with Crippen LogP contribution in [0.4, 0.5) is 0 Å². The number of para-hydroxylation sites is 1. The Morgan fingerprint density at radius 1 is 1.32 bits per heavy atom. The summed E-state index contributed by atoms with van der Waals surface area (Å²) in [5, 5.41) is 9.70. The van der Waals surface area contributed by atoms with Gasteiger partial charge in [0.1, 0.15) is 6.54 Å². The standard InChI is InChI=1S/C14H16N2O3/c1-9(2)16(8-13(17)18)14(19)11-7-15-12-6-4-3-5-10(11)12/h3-7,9,15H,8H2,1-2H3,(H,17,18). The number of aromatic amines is 1. The fraction of sp³-hybridized carbons (Fsp3) is 0.286. The number of nitrogens with zero attached hydrogens (tertiary/aromatic N) is 1. The normalized spacial score (nSPS) is 10.9. The Morgan fingerprint density at radius 2 is 2.00 bits per heavy atom. The van der Waals surface area contributed by atoms with E-state index >= 15 is 0 Å². The quantitative estimate of drug-likeness (QED) is 0.884. The third-order valence-electron chi connectivity index (χ3n) is 3.01. The fourth-order valence-corrected chi connectivity index (χ4v) is 2.04. The maximum atomic E-state index is 12.4. The fourth-order valence-electron chi connectivity index (χ4n) is 2.04. The first-order valence-electron chi connectivity index (χ1n) is 6.09. The average molecular weight is 260 g/mol. The van der Waals surface area contributed by atoms with E-state index in [0.29, 0.717) is 5.56 Å². The van der Waals surface area contributed by atoms with Crippen molar-refractivity contribution in [3.8, 4) is 0 Å². The Labute approximate surface area is 110 Å². The number of amides is 1. The van der Waals surface area contributed by atoms with Gasteiger partial charge in [0.2, 0.25) is 0 Å². The molecule has 0 bridgehead atoms. The first kappa shape index (κ1) is 13.1. The molecule has 0 radical (unpaired) electrons. The molecule has 0 saturated heterocycles. The second kappa shape index (κ2) is 5.14. The molecule has 19 heavy (non-hydrogen) atoms. The molecule has 0 aliphatic heterocycles. The molecule has 2 rings (SSSR count). The largest absolute Gasteiger partial charge is 0.480 e. The Morgan fingerprint density at radius 3 is 2.63 bits per heavy atom. The number of carboxylic acids is 1. The molecular weight excluding hydrogens is 244 g/mol. The van der Waals surface area contributed by atoms with Gasteiger partial charge in [-0.2, -0.15) is 0 Å². The minimum Gasteiger partial charge on any atom is -0.480 e. The van der Waals surface area contributed by atoms with Crippen molar-refractivity contribution in [2.45, 2.75) is 19.9 Å². The summed E-state index contributed by atoms with van der Waals surface area (Å²) < 4.78 is 0. The lowest BCUT2D eigenvalue weighted by Gasteiger charge is -2.24. The number of rotatable bonds is 4. The van der Waals surface area contributed by atoms with Crippen molar-refractivity contribution in [1.82, 2.24) is 9.88 Å². The van der Waals surface area contributed by atoms with Crippen molar-refractivity contribution in [3.63, 3.8) is 0 Å². The number of aliphatic carboxylic acids is 1. The molecule has 1 heterocycles. The van der Waals surface area contributed by atoms with Crippen LogP contribution in [0.3, 0.4) is 0 Å². The van der Waals surface area contributed by atoms with Gasteiger partial charge in [0.25, 0.3) is 5.91 Å². The molecular formula is C14H16N2O3. The van der Waals surface area contributed by atoms with E-state index in [0.717, 1.165) is 10.9 Å².